The largest absolute Gasteiger partial charge is 0.465 e. The minimum absolute atomic E-state index is 0.210. The lowest BCUT2D eigenvalue weighted by molar-refractivity contribution is 0.0317. The predicted molar refractivity (Wildman–Crippen MR) is 83.1 cm³/mol. The van der Waals surface area contributed by atoms with E-state index in [0.717, 1.165) is 3.79 Å². The standard InChI is InChI=1S/C13H12BrN3O4S/c14-8-3-6-10(22-8)12(19)16-11(15-6)9-5-1-4(2-7(5)18)17(9)13(20)21/h3-5,7,9,18H,1-2H2,(H,20,21)(H,15,16,19)/t4?,5?,7-,9-/m0/s1. The van der Waals surface area contributed by atoms with Crippen LogP contribution in [-0.2, 0) is 0 Å². The second-order valence-corrected chi connectivity index (χ2v) is 8.14. The number of halogens is 1. The third-order valence-electron chi connectivity index (χ3n) is 4.52. The second-order valence-electron chi connectivity index (χ2n) is 5.71. The van der Waals surface area contributed by atoms with Crippen molar-refractivity contribution in [2.24, 2.45) is 5.92 Å². The van der Waals surface area contributed by atoms with Crippen LogP contribution >= 0.6 is 27.3 Å². The van der Waals surface area contributed by atoms with E-state index in [1.54, 1.807) is 6.07 Å². The van der Waals surface area contributed by atoms with Gasteiger partial charge in [-0.05, 0) is 34.8 Å². The van der Waals surface area contributed by atoms with Crippen LogP contribution in [0.2, 0.25) is 0 Å². The number of piperidine rings is 1. The zero-order valence-corrected chi connectivity index (χ0v) is 13.6. The summed E-state index contributed by atoms with van der Waals surface area (Å²) in [5.41, 5.74) is 0.261. The summed E-state index contributed by atoms with van der Waals surface area (Å²) in [4.78, 5) is 32.2. The van der Waals surface area contributed by atoms with Crippen molar-refractivity contribution < 1.29 is 15.0 Å². The number of amides is 1. The number of H-pyrrole nitrogens is 1. The van der Waals surface area contributed by atoms with Crippen molar-refractivity contribution in [2.45, 2.75) is 31.0 Å². The maximum Gasteiger partial charge on any atom is 0.408 e. The van der Waals surface area contributed by atoms with Gasteiger partial charge in [-0.3, -0.25) is 9.69 Å². The highest BCUT2D eigenvalue weighted by atomic mass is 79.9. The molecule has 116 valence electrons. The molecule has 1 amide bonds. The van der Waals surface area contributed by atoms with Crippen molar-refractivity contribution in [2.75, 3.05) is 0 Å². The van der Waals surface area contributed by atoms with Crippen molar-refractivity contribution in [3.8, 4) is 0 Å². The molecular weight excluding hydrogens is 374 g/mol. The maximum absolute atomic E-state index is 12.2. The number of likely N-dealkylation sites (tertiary alicyclic amines) is 1. The predicted octanol–water partition coefficient (Wildman–Crippen LogP) is 1.92. The number of rotatable bonds is 1. The van der Waals surface area contributed by atoms with Crippen molar-refractivity contribution in [3.05, 3.63) is 26.0 Å². The van der Waals surface area contributed by atoms with E-state index >= 15 is 0 Å². The van der Waals surface area contributed by atoms with Gasteiger partial charge in [0.2, 0.25) is 0 Å². The SMILES string of the molecule is O=C(O)N1C2CC([C@H]1c1nc3cc(Br)sc3c(=O)[nH]1)[C@@H](O)C2. The van der Waals surface area contributed by atoms with Crippen LogP contribution < -0.4 is 5.56 Å². The molecule has 3 heterocycles. The van der Waals surface area contributed by atoms with E-state index < -0.39 is 18.2 Å². The minimum Gasteiger partial charge on any atom is -0.465 e. The molecule has 4 atom stereocenters. The molecule has 2 unspecified atom stereocenters. The summed E-state index contributed by atoms with van der Waals surface area (Å²) in [6.45, 7) is 0. The Hall–Kier alpha value is -1.45. The lowest BCUT2D eigenvalue weighted by Gasteiger charge is -2.34. The summed E-state index contributed by atoms with van der Waals surface area (Å²) in [5.74, 6) is 0.0974. The van der Waals surface area contributed by atoms with E-state index in [1.165, 1.54) is 16.2 Å². The van der Waals surface area contributed by atoms with Crippen molar-refractivity contribution >= 4 is 43.6 Å². The van der Waals surface area contributed by atoms with Crippen LogP contribution in [0.15, 0.2) is 14.6 Å². The lowest BCUT2D eigenvalue weighted by Crippen LogP contribution is -2.44. The Labute approximate surface area is 136 Å². The number of nitrogens with zero attached hydrogens (tertiary/aromatic N) is 2. The molecule has 0 radical (unpaired) electrons. The number of aliphatic hydroxyl groups excluding tert-OH is 1. The minimum atomic E-state index is -1.04. The fraction of sp³-hybridized carbons (Fsp3) is 0.462. The average Bonchev–Trinajstić information content (AvgIpc) is 3.08. The highest BCUT2D eigenvalue weighted by molar-refractivity contribution is 9.11. The number of aromatic nitrogens is 2. The van der Waals surface area contributed by atoms with Gasteiger partial charge in [0.15, 0.2) is 0 Å². The molecule has 1 saturated heterocycles. The van der Waals surface area contributed by atoms with Gasteiger partial charge in [0.25, 0.3) is 5.56 Å². The van der Waals surface area contributed by atoms with Gasteiger partial charge in [-0.25, -0.2) is 9.78 Å². The molecule has 1 saturated carbocycles. The van der Waals surface area contributed by atoms with Crippen LogP contribution in [0, 0.1) is 5.92 Å². The van der Waals surface area contributed by atoms with E-state index in [9.17, 15) is 19.8 Å². The molecular formula is C13H12BrN3O4S. The van der Waals surface area contributed by atoms with Crippen molar-refractivity contribution in [3.63, 3.8) is 0 Å². The molecule has 2 aliphatic rings. The van der Waals surface area contributed by atoms with Crippen LogP contribution in [0.25, 0.3) is 10.2 Å². The van der Waals surface area contributed by atoms with Gasteiger partial charge in [-0.1, -0.05) is 0 Å². The normalized spacial score (nSPS) is 30.4. The van der Waals surface area contributed by atoms with E-state index in [1.807, 2.05) is 0 Å². The van der Waals surface area contributed by atoms with Crippen molar-refractivity contribution in [1.82, 2.24) is 14.9 Å². The monoisotopic (exact) mass is 385 g/mol. The molecule has 2 aromatic heterocycles. The molecule has 22 heavy (non-hydrogen) atoms. The van der Waals surface area contributed by atoms with Gasteiger partial charge in [0, 0.05) is 12.0 Å². The first-order valence-electron chi connectivity index (χ1n) is 6.84. The van der Waals surface area contributed by atoms with Gasteiger partial charge in [-0.15, -0.1) is 11.3 Å². The Kier molecular flexibility index (Phi) is 3.07. The number of fused-ring (bicyclic) bond motifs is 3. The van der Waals surface area contributed by atoms with Crippen LogP contribution in [0.3, 0.4) is 0 Å². The molecule has 2 fully saturated rings. The molecule has 1 aliphatic carbocycles. The van der Waals surface area contributed by atoms with E-state index in [4.69, 9.17) is 0 Å². The number of hydrogen-bond donors (Lipinski definition) is 3. The van der Waals surface area contributed by atoms with E-state index in [2.05, 4.69) is 25.9 Å². The quantitative estimate of drug-likeness (QED) is 0.694. The molecule has 0 aromatic carbocycles. The van der Waals surface area contributed by atoms with Crippen molar-refractivity contribution in [1.29, 1.82) is 0 Å². The first kappa shape index (κ1) is 14.2. The van der Waals surface area contributed by atoms with Crippen LogP contribution in [-0.4, -0.2) is 43.3 Å². The summed E-state index contributed by atoms with van der Waals surface area (Å²) in [7, 11) is 0. The topological polar surface area (TPSA) is 107 Å². The molecule has 1 aliphatic heterocycles. The Morgan fingerprint density at radius 1 is 1.50 bits per heavy atom. The van der Waals surface area contributed by atoms with Gasteiger partial charge in [0.1, 0.15) is 10.5 Å². The van der Waals surface area contributed by atoms with E-state index in [0.29, 0.717) is 28.9 Å². The Balaban J connectivity index is 1.86. The summed E-state index contributed by atoms with van der Waals surface area (Å²) < 4.78 is 1.29. The zero-order chi connectivity index (χ0) is 15.6. The molecule has 3 N–H and O–H groups in total. The summed E-state index contributed by atoms with van der Waals surface area (Å²) >= 11 is 4.61. The first-order chi connectivity index (χ1) is 10.5. The fourth-order valence-electron chi connectivity index (χ4n) is 3.70. The van der Waals surface area contributed by atoms with Gasteiger partial charge >= 0.3 is 6.09 Å². The Bertz CT molecular complexity index is 834. The first-order valence-corrected chi connectivity index (χ1v) is 8.45. The van der Waals surface area contributed by atoms with Crippen LogP contribution in [0.4, 0.5) is 4.79 Å². The van der Waals surface area contributed by atoms with Gasteiger partial charge < -0.3 is 15.2 Å². The number of nitrogens with one attached hydrogen (secondary N) is 1. The Morgan fingerprint density at radius 3 is 3.00 bits per heavy atom. The zero-order valence-electron chi connectivity index (χ0n) is 11.2. The number of carbonyl (C=O) groups is 1. The number of carboxylic acid groups (broad SMARTS) is 1. The van der Waals surface area contributed by atoms with Crippen LogP contribution in [0.1, 0.15) is 24.7 Å². The molecule has 9 heteroatoms. The lowest BCUT2D eigenvalue weighted by atomic mass is 9.95. The summed E-state index contributed by atoms with van der Waals surface area (Å²) in [5, 5.41) is 19.6. The fourth-order valence-corrected chi connectivity index (χ4v) is 5.12. The smallest absolute Gasteiger partial charge is 0.408 e. The molecule has 2 aromatic rings. The average molecular weight is 386 g/mol. The molecule has 2 bridgehead atoms. The molecule has 0 spiro atoms. The third-order valence-corrected chi connectivity index (χ3v) is 6.15. The number of hydrogen-bond acceptors (Lipinski definition) is 5. The highest BCUT2D eigenvalue weighted by Gasteiger charge is 2.54. The second kappa shape index (κ2) is 4.77. The summed E-state index contributed by atoms with van der Waals surface area (Å²) in [6.07, 6.45) is -0.545. The number of aliphatic hydroxyl groups is 1. The van der Waals surface area contributed by atoms with Gasteiger partial charge in [0.05, 0.1) is 21.4 Å². The number of aromatic amines is 1. The van der Waals surface area contributed by atoms with Crippen LogP contribution in [0.5, 0.6) is 0 Å². The van der Waals surface area contributed by atoms with Gasteiger partial charge in [-0.2, -0.15) is 0 Å². The van der Waals surface area contributed by atoms with E-state index in [-0.39, 0.29) is 17.5 Å². The number of thiophene rings is 1. The summed E-state index contributed by atoms with van der Waals surface area (Å²) in [6, 6.07) is 0.938. The third kappa shape index (κ3) is 1.92. The Morgan fingerprint density at radius 2 is 2.27 bits per heavy atom. The highest BCUT2D eigenvalue weighted by Crippen LogP contribution is 2.49. The maximum atomic E-state index is 12.2. The molecule has 7 nitrogen and oxygen atoms in total. The molecule has 4 rings (SSSR count).